The van der Waals surface area contributed by atoms with E-state index in [0.717, 1.165) is 22.4 Å². The van der Waals surface area contributed by atoms with Crippen LogP contribution in [0.15, 0.2) is 53.9 Å². The molecule has 0 spiro atoms. The molecule has 6 heteroatoms. The second-order valence-electron chi connectivity index (χ2n) is 7.17. The molecule has 1 aliphatic heterocycles. The second kappa shape index (κ2) is 8.71. The molecule has 1 fully saturated rings. The lowest BCUT2D eigenvalue weighted by atomic mass is 9.97. The van der Waals surface area contributed by atoms with Gasteiger partial charge in [-0.2, -0.15) is 4.31 Å². The Kier molecular flexibility index (Phi) is 6.31. The van der Waals surface area contributed by atoms with E-state index in [1.807, 2.05) is 62.4 Å². The number of nitrogens with zero attached hydrogens (tertiary/aromatic N) is 1. The number of hydrogen-bond donors (Lipinski definition) is 1. The van der Waals surface area contributed by atoms with Gasteiger partial charge in [0.15, 0.2) is 0 Å². The van der Waals surface area contributed by atoms with Crippen molar-refractivity contribution in [3.63, 3.8) is 0 Å². The lowest BCUT2D eigenvalue weighted by Crippen LogP contribution is -2.40. The molecule has 1 heterocycles. The second-order valence-corrected chi connectivity index (χ2v) is 8.99. The van der Waals surface area contributed by atoms with Crippen molar-refractivity contribution in [2.45, 2.75) is 26.7 Å². The predicted octanol–water partition coefficient (Wildman–Crippen LogP) is 3.95. The van der Waals surface area contributed by atoms with E-state index in [2.05, 4.69) is 5.32 Å². The molecule has 2 aromatic carbocycles. The minimum atomic E-state index is -3.48. The van der Waals surface area contributed by atoms with Gasteiger partial charge in [0.25, 0.3) is 0 Å². The molecule has 1 aliphatic rings. The van der Waals surface area contributed by atoms with Gasteiger partial charge in [0.05, 0.1) is 0 Å². The Bertz CT molecular complexity index is 961. The molecule has 0 bridgehead atoms. The van der Waals surface area contributed by atoms with Crippen LogP contribution >= 0.6 is 0 Å². The first-order valence-electron chi connectivity index (χ1n) is 9.47. The van der Waals surface area contributed by atoms with Crippen LogP contribution in [-0.4, -0.2) is 31.7 Å². The van der Waals surface area contributed by atoms with Crippen LogP contribution in [-0.2, 0) is 14.8 Å². The van der Waals surface area contributed by atoms with E-state index in [1.165, 1.54) is 9.71 Å². The number of hydrogen-bond acceptors (Lipinski definition) is 3. The third-order valence-corrected chi connectivity index (χ3v) is 6.84. The third-order valence-electron chi connectivity index (χ3n) is 5.28. The highest BCUT2D eigenvalue weighted by Gasteiger charge is 2.30. The molecule has 0 aromatic heterocycles. The van der Waals surface area contributed by atoms with Crippen LogP contribution in [0.25, 0.3) is 6.08 Å². The van der Waals surface area contributed by atoms with Crippen molar-refractivity contribution in [2.24, 2.45) is 5.92 Å². The minimum absolute atomic E-state index is 0.0365. The normalized spacial score (nSPS) is 16.4. The smallest absolute Gasteiger partial charge is 0.236 e. The summed E-state index contributed by atoms with van der Waals surface area (Å²) in [6, 6.07) is 15.2. The summed E-state index contributed by atoms with van der Waals surface area (Å²) in [7, 11) is -3.48. The fourth-order valence-electron chi connectivity index (χ4n) is 3.31. The zero-order valence-electron chi connectivity index (χ0n) is 16.3. The average molecular weight is 399 g/mol. The first-order chi connectivity index (χ1) is 13.4. The zero-order valence-corrected chi connectivity index (χ0v) is 17.1. The molecule has 28 heavy (non-hydrogen) atoms. The highest BCUT2D eigenvalue weighted by Crippen LogP contribution is 2.24. The molecule has 148 valence electrons. The number of benzene rings is 2. The average Bonchev–Trinajstić information content (AvgIpc) is 2.71. The maximum absolute atomic E-state index is 12.6. The van der Waals surface area contributed by atoms with Crippen molar-refractivity contribution in [1.82, 2.24) is 4.31 Å². The number of carbonyl (C=O) groups is 1. The SMILES string of the molecule is Cc1cccc(NC(=O)C2CCN(S(=O)(=O)/C=C/c3ccccc3)CC2)c1C. The maximum Gasteiger partial charge on any atom is 0.236 e. The van der Waals surface area contributed by atoms with Gasteiger partial charge in [-0.05, 0) is 55.5 Å². The number of piperidine rings is 1. The lowest BCUT2D eigenvalue weighted by molar-refractivity contribution is -0.120. The van der Waals surface area contributed by atoms with Gasteiger partial charge in [-0.25, -0.2) is 8.42 Å². The van der Waals surface area contributed by atoms with E-state index in [0.29, 0.717) is 25.9 Å². The molecule has 1 amide bonds. The summed E-state index contributed by atoms with van der Waals surface area (Å²) in [6.07, 6.45) is 2.65. The van der Waals surface area contributed by atoms with Crippen molar-refractivity contribution >= 4 is 27.7 Å². The Balaban J connectivity index is 1.58. The maximum atomic E-state index is 12.6. The largest absolute Gasteiger partial charge is 0.326 e. The zero-order chi connectivity index (χ0) is 20.1. The third kappa shape index (κ3) is 4.88. The van der Waals surface area contributed by atoms with Gasteiger partial charge in [-0.3, -0.25) is 4.79 Å². The number of sulfonamides is 1. The number of carbonyl (C=O) groups excluding carboxylic acids is 1. The van der Waals surface area contributed by atoms with Crippen LogP contribution in [0.1, 0.15) is 29.5 Å². The predicted molar refractivity (Wildman–Crippen MR) is 113 cm³/mol. The van der Waals surface area contributed by atoms with Gasteiger partial charge in [0.1, 0.15) is 0 Å². The summed E-state index contributed by atoms with van der Waals surface area (Å²) in [5.41, 5.74) is 3.85. The summed E-state index contributed by atoms with van der Waals surface area (Å²) in [5, 5.41) is 4.25. The highest BCUT2D eigenvalue weighted by molar-refractivity contribution is 7.92. The fourth-order valence-corrected chi connectivity index (χ4v) is 4.53. The van der Waals surface area contributed by atoms with Gasteiger partial charge in [0, 0.05) is 30.1 Å². The number of nitrogens with one attached hydrogen (secondary N) is 1. The lowest BCUT2D eigenvalue weighted by Gasteiger charge is -2.29. The number of rotatable bonds is 5. The molecule has 2 aromatic rings. The first-order valence-corrected chi connectivity index (χ1v) is 11.0. The quantitative estimate of drug-likeness (QED) is 0.829. The topological polar surface area (TPSA) is 66.5 Å². The monoisotopic (exact) mass is 398 g/mol. The molecular weight excluding hydrogens is 372 g/mol. The van der Waals surface area contributed by atoms with E-state index >= 15 is 0 Å². The first kappa shape index (κ1) is 20.3. The Morgan fingerprint density at radius 2 is 1.71 bits per heavy atom. The summed E-state index contributed by atoms with van der Waals surface area (Å²) >= 11 is 0. The van der Waals surface area contributed by atoms with E-state index in [-0.39, 0.29) is 11.8 Å². The van der Waals surface area contributed by atoms with Gasteiger partial charge < -0.3 is 5.32 Å². The molecule has 1 saturated heterocycles. The van der Waals surface area contributed by atoms with Crippen LogP contribution in [0.2, 0.25) is 0 Å². The number of amides is 1. The summed E-state index contributed by atoms with van der Waals surface area (Å²) < 4.78 is 26.5. The number of aryl methyl sites for hydroxylation is 1. The molecule has 0 radical (unpaired) electrons. The Hall–Kier alpha value is -2.44. The molecule has 0 saturated carbocycles. The summed E-state index contributed by atoms with van der Waals surface area (Å²) in [5.74, 6) is -0.213. The standard InChI is InChI=1S/C22H26N2O3S/c1-17-7-6-10-21(18(17)2)23-22(25)20-11-14-24(15-12-20)28(26,27)16-13-19-8-4-3-5-9-19/h3-10,13,16,20H,11-12,14-15H2,1-2H3,(H,23,25)/b16-13+. The van der Waals surface area contributed by atoms with E-state index in [4.69, 9.17) is 0 Å². The van der Waals surface area contributed by atoms with Crippen LogP contribution in [0.4, 0.5) is 5.69 Å². The van der Waals surface area contributed by atoms with Gasteiger partial charge >= 0.3 is 0 Å². The molecule has 0 unspecified atom stereocenters. The molecule has 5 nitrogen and oxygen atoms in total. The summed E-state index contributed by atoms with van der Waals surface area (Å²) in [4.78, 5) is 12.6. The van der Waals surface area contributed by atoms with Crippen LogP contribution in [0.3, 0.4) is 0 Å². The van der Waals surface area contributed by atoms with Crippen molar-refractivity contribution in [3.8, 4) is 0 Å². The van der Waals surface area contributed by atoms with Crippen LogP contribution in [0.5, 0.6) is 0 Å². The van der Waals surface area contributed by atoms with E-state index in [9.17, 15) is 13.2 Å². The Morgan fingerprint density at radius 3 is 2.39 bits per heavy atom. The van der Waals surface area contributed by atoms with Gasteiger partial charge in [-0.1, -0.05) is 42.5 Å². The van der Waals surface area contributed by atoms with Gasteiger partial charge in [-0.15, -0.1) is 0 Å². The van der Waals surface area contributed by atoms with Gasteiger partial charge in [0.2, 0.25) is 15.9 Å². The molecule has 1 N–H and O–H groups in total. The molecule has 3 rings (SSSR count). The van der Waals surface area contributed by atoms with Crippen LogP contribution in [0, 0.1) is 19.8 Å². The minimum Gasteiger partial charge on any atom is -0.326 e. The highest BCUT2D eigenvalue weighted by atomic mass is 32.2. The molecule has 0 atom stereocenters. The number of anilines is 1. The van der Waals surface area contributed by atoms with Crippen LogP contribution < -0.4 is 5.32 Å². The molecular formula is C22H26N2O3S. The Labute approximate surface area is 167 Å². The van der Waals surface area contributed by atoms with Crippen molar-refractivity contribution in [2.75, 3.05) is 18.4 Å². The van der Waals surface area contributed by atoms with Crippen molar-refractivity contribution < 1.29 is 13.2 Å². The Morgan fingerprint density at radius 1 is 1.04 bits per heavy atom. The molecule has 0 aliphatic carbocycles. The fraction of sp³-hybridized carbons (Fsp3) is 0.318. The van der Waals surface area contributed by atoms with E-state index in [1.54, 1.807) is 6.08 Å². The van der Waals surface area contributed by atoms with E-state index < -0.39 is 10.0 Å². The van der Waals surface area contributed by atoms with Crippen molar-refractivity contribution in [3.05, 3.63) is 70.6 Å². The van der Waals surface area contributed by atoms with Crippen molar-refractivity contribution in [1.29, 1.82) is 0 Å². The summed E-state index contributed by atoms with van der Waals surface area (Å²) in [6.45, 7) is 4.70.